The van der Waals surface area contributed by atoms with Gasteiger partial charge in [-0.25, -0.2) is 5.10 Å². The summed E-state index contributed by atoms with van der Waals surface area (Å²) in [6.07, 6.45) is -3.52. The van der Waals surface area contributed by atoms with Crippen molar-refractivity contribution in [1.29, 1.82) is 0 Å². The van der Waals surface area contributed by atoms with E-state index in [1.807, 2.05) is 13.8 Å². The maximum Gasteiger partial charge on any atom is 0.453 e. The van der Waals surface area contributed by atoms with E-state index < -0.39 is 12.0 Å². The lowest BCUT2D eigenvalue weighted by Gasteiger charge is -2.15. The van der Waals surface area contributed by atoms with Gasteiger partial charge >= 0.3 is 6.18 Å². The van der Waals surface area contributed by atoms with Crippen molar-refractivity contribution in [3.8, 4) is 11.5 Å². The number of H-pyrrole nitrogens is 1. The summed E-state index contributed by atoms with van der Waals surface area (Å²) in [5, 5.41) is 9.25. The van der Waals surface area contributed by atoms with Crippen molar-refractivity contribution in [3.05, 3.63) is 33.3 Å². The lowest BCUT2D eigenvalue weighted by Crippen LogP contribution is -2.12. The van der Waals surface area contributed by atoms with E-state index in [4.69, 9.17) is 33.3 Å². The molecule has 0 spiro atoms. The molecule has 1 N–H and O–H groups in total. The van der Waals surface area contributed by atoms with Crippen molar-refractivity contribution in [3.63, 3.8) is 0 Å². The number of nitrogens with zero attached hydrogens (tertiary/aromatic N) is 3. The van der Waals surface area contributed by atoms with Gasteiger partial charge in [0.1, 0.15) is 0 Å². The Bertz CT molecular complexity index is 878. The largest absolute Gasteiger partial charge is 0.490 e. The SMILES string of the molecule is CCOc1cc(/C=N\n2c(C(F)(F)F)n[nH]c2=S)cc(Cl)c1OCC(C)C. The van der Waals surface area contributed by atoms with Crippen molar-refractivity contribution in [1.82, 2.24) is 14.9 Å². The number of nitrogens with one attached hydrogen (secondary N) is 1. The van der Waals surface area contributed by atoms with Gasteiger partial charge in [0.05, 0.1) is 24.5 Å². The number of aromatic amines is 1. The Balaban J connectivity index is 2.39. The maximum absolute atomic E-state index is 12.9. The van der Waals surface area contributed by atoms with Gasteiger partial charge in [-0.05, 0) is 42.8 Å². The molecule has 27 heavy (non-hydrogen) atoms. The van der Waals surface area contributed by atoms with E-state index in [-0.39, 0.29) is 15.7 Å². The smallest absolute Gasteiger partial charge is 0.453 e. The van der Waals surface area contributed by atoms with Crippen LogP contribution in [0.25, 0.3) is 0 Å². The molecule has 1 heterocycles. The summed E-state index contributed by atoms with van der Waals surface area (Å²) in [4.78, 5) is 0. The first-order valence-corrected chi connectivity index (χ1v) is 8.80. The Labute approximate surface area is 163 Å². The third kappa shape index (κ3) is 5.46. The van der Waals surface area contributed by atoms with Crippen LogP contribution in [0.1, 0.15) is 32.2 Å². The lowest BCUT2D eigenvalue weighted by molar-refractivity contribution is -0.147. The van der Waals surface area contributed by atoms with Gasteiger partial charge in [0.2, 0.25) is 4.77 Å². The summed E-state index contributed by atoms with van der Waals surface area (Å²) in [6, 6.07) is 3.09. The molecule has 1 aromatic heterocycles. The fourth-order valence-corrected chi connectivity index (χ4v) is 2.48. The van der Waals surface area contributed by atoms with Crippen LogP contribution in [0.3, 0.4) is 0 Å². The number of hydrogen-bond acceptors (Lipinski definition) is 5. The van der Waals surface area contributed by atoms with E-state index >= 15 is 0 Å². The van der Waals surface area contributed by atoms with Crippen LogP contribution in [-0.2, 0) is 6.18 Å². The molecule has 0 aliphatic rings. The minimum Gasteiger partial charge on any atom is -0.490 e. The Hall–Kier alpha value is -2.07. The molecule has 1 aromatic carbocycles. The van der Waals surface area contributed by atoms with Gasteiger partial charge in [-0.2, -0.15) is 22.9 Å². The van der Waals surface area contributed by atoms with E-state index in [1.54, 1.807) is 13.0 Å². The molecule has 11 heteroatoms. The van der Waals surface area contributed by atoms with E-state index in [2.05, 4.69) is 15.3 Å². The molecule has 0 bridgehead atoms. The molecule has 0 aliphatic heterocycles. The Morgan fingerprint density at radius 2 is 2.07 bits per heavy atom. The van der Waals surface area contributed by atoms with Crippen molar-refractivity contribution in [2.75, 3.05) is 13.2 Å². The molecule has 0 saturated carbocycles. The maximum atomic E-state index is 12.9. The van der Waals surface area contributed by atoms with Crippen LogP contribution in [0.4, 0.5) is 13.2 Å². The monoisotopic (exact) mass is 422 g/mol. The van der Waals surface area contributed by atoms with Gasteiger partial charge in [0, 0.05) is 0 Å². The van der Waals surface area contributed by atoms with E-state index in [9.17, 15) is 13.2 Å². The van der Waals surface area contributed by atoms with Crippen LogP contribution in [0, 0.1) is 10.7 Å². The molecule has 0 radical (unpaired) electrons. The molecule has 148 valence electrons. The third-order valence-electron chi connectivity index (χ3n) is 3.12. The number of ether oxygens (including phenoxy) is 2. The highest BCUT2D eigenvalue weighted by Crippen LogP contribution is 2.36. The molecule has 0 amide bonds. The standard InChI is InChI=1S/C16H18ClF3N4O2S/c1-4-25-12-6-10(5-11(17)13(12)26-8-9(2)3)7-21-24-14(16(18,19)20)22-23-15(24)27/h5-7,9H,4,8H2,1-3H3,(H,23,27)/b21-7-. The zero-order chi connectivity index (χ0) is 20.2. The quantitative estimate of drug-likeness (QED) is 0.507. The summed E-state index contributed by atoms with van der Waals surface area (Å²) in [6.45, 7) is 6.57. The fourth-order valence-electron chi connectivity index (χ4n) is 2.02. The van der Waals surface area contributed by atoms with Gasteiger partial charge in [-0.15, -0.1) is 5.10 Å². The summed E-state index contributed by atoms with van der Waals surface area (Å²) in [5.74, 6) is -0.225. The van der Waals surface area contributed by atoms with Crippen molar-refractivity contribution >= 4 is 30.0 Å². The zero-order valence-electron chi connectivity index (χ0n) is 14.8. The lowest BCUT2D eigenvalue weighted by atomic mass is 10.2. The highest BCUT2D eigenvalue weighted by Gasteiger charge is 2.37. The second-order valence-corrected chi connectivity index (χ2v) is 6.67. The Kier molecular flexibility index (Phi) is 6.88. The number of halogens is 4. The molecular formula is C16H18ClF3N4O2S. The van der Waals surface area contributed by atoms with Crippen LogP contribution in [-0.4, -0.2) is 34.3 Å². The molecule has 2 aromatic rings. The van der Waals surface area contributed by atoms with E-state index in [1.165, 1.54) is 12.3 Å². The molecule has 2 rings (SSSR count). The molecule has 0 saturated heterocycles. The second-order valence-electron chi connectivity index (χ2n) is 5.87. The highest BCUT2D eigenvalue weighted by atomic mass is 35.5. The predicted molar refractivity (Wildman–Crippen MR) is 98.4 cm³/mol. The minimum atomic E-state index is -4.70. The van der Waals surface area contributed by atoms with Crippen LogP contribution >= 0.6 is 23.8 Å². The van der Waals surface area contributed by atoms with Gasteiger partial charge in [-0.1, -0.05) is 25.4 Å². The van der Waals surface area contributed by atoms with Gasteiger partial charge in [0.15, 0.2) is 11.5 Å². The number of aromatic nitrogens is 3. The minimum absolute atomic E-state index is 0.259. The zero-order valence-corrected chi connectivity index (χ0v) is 16.4. The molecular weight excluding hydrogens is 405 g/mol. The van der Waals surface area contributed by atoms with Crippen LogP contribution in [0.15, 0.2) is 17.2 Å². The highest BCUT2D eigenvalue weighted by molar-refractivity contribution is 7.71. The predicted octanol–water partition coefficient (Wildman–Crippen LogP) is 4.93. The first-order valence-electron chi connectivity index (χ1n) is 8.01. The van der Waals surface area contributed by atoms with Crippen LogP contribution in [0.5, 0.6) is 11.5 Å². The Morgan fingerprint density at radius 1 is 1.37 bits per heavy atom. The summed E-state index contributed by atoms with van der Waals surface area (Å²) in [5.41, 5.74) is 0.413. The van der Waals surface area contributed by atoms with Crippen LogP contribution < -0.4 is 9.47 Å². The van der Waals surface area contributed by atoms with Gasteiger partial charge in [-0.3, -0.25) is 0 Å². The van der Waals surface area contributed by atoms with E-state index in [0.717, 1.165) is 0 Å². The van der Waals surface area contributed by atoms with Crippen molar-refractivity contribution in [2.24, 2.45) is 11.0 Å². The van der Waals surface area contributed by atoms with E-state index in [0.29, 0.717) is 35.0 Å². The average Bonchev–Trinajstić information content (AvgIpc) is 2.93. The molecule has 0 fully saturated rings. The van der Waals surface area contributed by atoms with Crippen molar-refractivity contribution in [2.45, 2.75) is 26.9 Å². The van der Waals surface area contributed by atoms with Crippen molar-refractivity contribution < 1.29 is 22.6 Å². The number of hydrogen-bond donors (Lipinski definition) is 1. The molecule has 0 unspecified atom stereocenters. The third-order valence-corrected chi connectivity index (χ3v) is 3.66. The number of benzene rings is 1. The second kappa shape index (κ2) is 8.75. The average molecular weight is 423 g/mol. The molecule has 0 aliphatic carbocycles. The summed E-state index contributed by atoms with van der Waals surface area (Å²) >= 11 is 11.0. The first kappa shape index (κ1) is 21.2. The normalized spacial score (nSPS) is 12.1. The first-order chi connectivity index (χ1) is 12.6. The van der Waals surface area contributed by atoms with Gasteiger partial charge < -0.3 is 9.47 Å². The molecule has 6 nitrogen and oxygen atoms in total. The topological polar surface area (TPSA) is 64.4 Å². The van der Waals surface area contributed by atoms with Gasteiger partial charge in [0.25, 0.3) is 5.82 Å². The van der Waals surface area contributed by atoms with Crippen LogP contribution in [0.2, 0.25) is 5.02 Å². The molecule has 0 atom stereocenters. The summed E-state index contributed by atoms with van der Waals surface area (Å²) < 4.78 is 50.2. The number of rotatable bonds is 7. The summed E-state index contributed by atoms with van der Waals surface area (Å²) in [7, 11) is 0. The number of alkyl halides is 3. The fraction of sp³-hybridized carbons (Fsp3) is 0.438. The Morgan fingerprint density at radius 3 is 2.67 bits per heavy atom.